The van der Waals surface area contributed by atoms with E-state index < -0.39 is 0 Å². The third kappa shape index (κ3) is 2.60. The van der Waals surface area contributed by atoms with Crippen molar-refractivity contribution in [3.8, 4) is 0 Å². The van der Waals surface area contributed by atoms with Crippen molar-refractivity contribution in [3.63, 3.8) is 0 Å². The molecular weight excluding hydrogens is 308 g/mol. The summed E-state index contributed by atoms with van der Waals surface area (Å²) in [5.74, 6) is 0.465. The lowest BCUT2D eigenvalue weighted by atomic mass is 10.2. The zero-order valence-corrected chi connectivity index (χ0v) is 13.2. The molecule has 8 heteroatoms. The number of carbonyl (C=O) groups is 1. The van der Waals surface area contributed by atoms with Crippen LogP contribution >= 0.6 is 0 Å². The molecule has 0 atom stereocenters. The predicted molar refractivity (Wildman–Crippen MR) is 88.1 cm³/mol. The van der Waals surface area contributed by atoms with Crippen LogP contribution in [0.3, 0.4) is 0 Å². The summed E-state index contributed by atoms with van der Waals surface area (Å²) in [5.41, 5.74) is 4.13. The first-order valence-electron chi connectivity index (χ1n) is 8.11. The van der Waals surface area contributed by atoms with E-state index in [1.807, 2.05) is 24.3 Å². The van der Waals surface area contributed by atoms with Gasteiger partial charge in [0.2, 0.25) is 0 Å². The highest BCUT2D eigenvalue weighted by Gasteiger charge is 2.17. The number of aryl methyl sites for hydroxylation is 1. The van der Waals surface area contributed by atoms with E-state index in [1.54, 1.807) is 15.6 Å². The van der Waals surface area contributed by atoms with E-state index in [-0.39, 0.29) is 18.1 Å². The number of carbonyl (C=O) groups excluding carboxylic acids is 1. The van der Waals surface area contributed by atoms with Gasteiger partial charge < -0.3 is 0 Å². The molecule has 0 radical (unpaired) electrons. The Hall–Kier alpha value is -2.90. The van der Waals surface area contributed by atoms with Crippen LogP contribution in [0, 0.1) is 0 Å². The summed E-state index contributed by atoms with van der Waals surface area (Å²) in [6.45, 7) is 0.577. The van der Waals surface area contributed by atoms with Gasteiger partial charge in [-0.1, -0.05) is 18.6 Å². The third-order valence-corrected chi connectivity index (χ3v) is 4.27. The van der Waals surface area contributed by atoms with Crippen molar-refractivity contribution in [1.82, 2.24) is 24.0 Å². The lowest BCUT2D eigenvalue weighted by Gasteiger charge is -2.06. The monoisotopic (exact) mass is 326 g/mol. The van der Waals surface area contributed by atoms with Gasteiger partial charge >= 0.3 is 5.69 Å². The highest BCUT2D eigenvalue weighted by molar-refractivity contribution is 5.86. The minimum absolute atomic E-state index is 0.106. The van der Waals surface area contributed by atoms with Gasteiger partial charge in [0.05, 0.1) is 11.0 Å². The van der Waals surface area contributed by atoms with Crippen LogP contribution in [0.4, 0.5) is 0 Å². The number of aromatic nitrogens is 5. The number of nitrogens with zero attached hydrogens (tertiary/aromatic N) is 5. The Morgan fingerprint density at radius 2 is 2.08 bits per heavy atom. The van der Waals surface area contributed by atoms with E-state index in [1.165, 1.54) is 4.68 Å². The predicted octanol–water partition coefficient (Wildman–Crippen LogP) is 0.891. The van der Waals surface area contributed by atoms with Gasteiger partial charge in [-0.3, -0.25) is 14.8 Å². The van der Waals surface area contributed by atoms with Gasteiger partial charge in [-0.15, -0.1) is 0 Å². The Morgan fingerprint density at radius 1 is 1.21 bits per heavy atom. The van der Waals surface area contributed by atoms with Crippen molar-refractivity contribution >= 4 is 16.9 Å². The normalized spacial score (nSPS) is 14.3. The molecular formula is C16H18N6O2. The average Bonchev–Trinajstić information content (AvgIpc) is 3.00. The fourth-order valence-electron chi connectivity index (χ4n) is 3.08. The van der Waals surface area contributed by atoms with E-state index in [9.17, 15) is 9.59 Å². The molecule has 1 aromatic carbocycles. The number of para-hydroxylation sites is 2. The van der Waals surface area contributed by atoms with Crippen molar-refractivity contribution in [2.75, 3.05) is 5.43 Å². The van der Waals surface area contributed by atoms with Gasteiger partial charge in [-0.2, -0.15) is 5.10 Å². The first kappa shape index (κ1) is 14.7. The SMILES string of the molecule is O=C(Cn1nc2n(c1=O)CCCCC2)Nn1cnc2ccccc21. The smallest absolute Gasteiger partial charge is 0.279 e. The number of nitrogens with one attached hydrogen (secondary N) is 1. The molecule has 24 heavy (non-hydrogen) atoms. The Balaban J connectivity index is 1.53. The second kappa shape index (κ2) is 5.95. The fourth-order valence-corrected chi connectivity index (χ4v) is 3.08. The topological polar surface area (TPSA) is 86.7 Å². The molecule has 8 nitrogen and oxygen atoms in total. The minimum atomic E-state index is -0.312. The third-order valence-electron chi connectivity index (χ3n) is 4.27. The summed E-state index contributed by atoms with van der Waals surface area (Å²) in [6, 6.07) is 7.51. The molecule has 0 fully saturated rings. The summed E-state index contributed by atoms with van der Waals surface area (Å²) >= 11 is 0. The zero-order valence-electron chi connectivity index (χ0n) is 13.2. The number of amides is 1. The van der Waals surface area contributed by atoms with Crippen LogP contribution in [-0.4, -0.2) is 29.9 Å². The van der Waals surface area contributed by atoms with Crippen LogP contribution in [0.15, 0.2) is 35.4 Å². The largest absolute Gasteiger partial charge is 0.346 e. The maximum Gasteiger partial charge on any atom is 0.346 e. The standard InChI is InChI=1S/C16H18N6O2/c23-15(19-22-11-17-12-6-3-4-7-13(12)22)10-21-16(24)20-9-5-1-2-8-14(20)18-21/h3-4,6-7,11H,1-2,5,8-10H2,(H,19,23). The molecule has 1 amide bonds. The minimum Gasteiger partial charge on any atom is -0.279 e. The number of fused-ring (bicyclic) bond motifs is 2. The molecule has 1 aliphatic rings. The van der Waals surface area contributed by atoms with Gasteiger partial charge in [0, 0.05) is 13.0 Å². The average molecular weight is 326 g/mol. The zero-order chi connectivity index (χ0) is 16.5. The first-order valence-corrected chi connectivity index (χ1v) is 8.11. The van der Waals surface area contributed by atoms with E-state index in [0.29, 0.717) is 6.54 Å². The van der Waals surface area contributed by atoms with Crippen molar-refractivity contribution in [2.24, 2.45) is 0 Å². The molecule has 2 aromatic heterocycles. The molecule has 0 bridgehead atoms. The quantitative estimate of drug-likeness (QED) is 0.774. The second-order valence-corrected chi connectivity index (χ2v) is 5.96. The molecule has 0 spiro atoms. The molecule has 4 rings (SSSR count). The van der Waals surface area contributed by atoms with Gasteiger partial charge in [0.1, 0.15) is 18.7 Å². The van der Waals surface area contributed by atoms with Crippen molar-refractivity contribution in [1.29, 1.82) is 0 Å². The fraction of sp³-hybridized carbons (Fsp3) is 0.375. The number of hydrogen-bond acceptors (Lipinski definition) is 4. The molecule has 1 N–H and O–H groups in total. The van der Waals surface area contributed by atoms with E-state index in [0.717, 1.165) is 42.5 Å². The van der Waals surface area contributed by atoms with Gasteiger partial charge in [0.25, 0.3) is 5.91 Å². The number of rotatable bonds is 3. The Bertz CT molecular complexity index is 951. The number of hydrogen-bond donors (Lipinski definition) is 1. The molecule has 0 saturated heterocycles. The van der Waals surface area contributed by atoms with E-state index in [2.05, 4.69) is 15.5 Å². The molecule has 0 saturated carbocycles. The van der Waals surface area contributed by atoms with Crippen LogP contribution in [0.1, 0.15) is 25.1 Å². The van der Waals surface area contributed by atoms with Crippen LogP contribution < -0.4 is 11.1 Å². The van der Waals surface area contributed by atoms with Crippen molar-refractivity contribution in [2.45, 2.75) is 38.8 Å². The summed E-state index contributed by atoms with van der Waals surface area (Å²) < 4.78 is 4.49. The Labute approximate surface area is 137 Å². The maximum atomic E-state index is 12.4. The first-order chi connectivity index (χ1) is 11.7. The van der Waals surface area contributed by atoms with Crippen LogP contribution in [0.25, 0.3) is 11.0 Å². The lowest BCUT2D eigenvalue weighted by molar-refractivity contribution is -0.117. The summed E-state index contributed by atoms with van der Waals surface area (Å²) in [5, 5.41) is 4.32. The van der Waals surface area contributed by atoms with Crippen molar-refractivity contribution in [3.05, 3.63) is 46.9 Å². The Kier molecular flexibility index (Phi) is 3.64. The molecule has 1 aliphatic heterocycles. The summed E-state index contributed by atoms with van der Waals surface area (Å²) in [6.07, 6.45) is 5.45. The number of benzene rings is 1. The highest BCUT2D eigenvalue weighted by atomic mass is 16.2. The molecule has 3 heterocycles. The van der Waals surface area contributed by atoms with Gasteiger partial charge in [0.15, 0.2) is 0 Å². The van der Waals surface area contributed by atoms with Crippen molar-refractivity contribution < 1.29 is 4.79 Å². The molecule has 0 aliphatic carbocycles. The second-order valence-electron chi connectivity index (χ2n) is 5.96. The van der Waals surface area contributed by atoms with Crippen LogP contribution in [0.5, 0.6) is 0 Å². The van der Waals surface area contributed by atoms with Crippen LogP contribution in [-0.2, 0) is 24.3 Å². The highest BCUT2D eigenvalue weighted by Crippen LogP contribution is 2.11. The molecule has 124 valence electrons. The summed E-state index contributed by atoms with van der Waals surface area (Å²) in [4.78, 5) is 28.9. The molecule has 3 aromatic rings. The van der Waals surface area contributed by atoms with E-state index >= 15 is 0 Å². The lowest BCUT2D eigenvalue weighted by Crippen LogP contribution is -2.32. The Morgan fingerprint density at radius 3 is 3.00 bits per heavy atom. The number of imidazole rings is 1. The van der Waals surface area contributed by atoms with Crippen LogP contribution in [0.2, 0.25) is 0 Å². The van der Waals surface area contributed by atoms with Gasteiger partial charge in [-0.25, -0.2) is 19.1 Å². The maximum absolute atomic E-state index is 12.4. The summed E-state index contributed by atoms with van der Waals surface area (Å²) in [7, 11) is 0. The molecule has 0 unspecified atom stereocenters. The van der Waals surface area contributed by atoms with E-state index in [4.69, 9.17) is 0 Å². The van der Waals surface area contributed by atoms with Gasteiger partial charge in [-0.05, 0) is 25.0 Å².